The number of carbonyl (C=O) groups is 3. The number of rotatable bonds is 12. The van der Waals surface area contributed by atoms with E-state index >= 15 is 9.18 Å². The molecule has 3 amide bonds. The van der Waals surface area contributed by atoms with E-state index in [0.29, 0.717) is 54.2 Å². The molecular formula is C53H62FN7O5. The summed E-state index contributed by atoms with van der Waals surface area (Å²) in [6.07, 6.45) is 4.75. The van der Waals surface area contributed by atoms with Crippen molar-refractivity contribution in [3.05, 3.63) is 135 Å². The van der Waals surface area contributed by atoms with Gasteiger partial charge < -0.3 is 39.3 Å². The third kappa shape index (κ3) is 10.0. The number of anilines is 1. The summed E-state index contributed by atoms with van der Waals surface area (Å²) in [7, 11) is 4.04. The van der Waals surface area contributed by atoms with Gasteiger partial charge in [0.15, 0.2) is 0 Å². The van der Waals surface area contributed by atoms with Gasteiger partial charge in [-0.3, -0.25) is 19.3 Å². The van der Waals surface area contributed by atoms with Crippen molar-refractivity contribution in [2.24, 2.45) is 7.05 Å². The standard InChI is InChI=1S/C53H62FN7O5/c1-36-46(52(64)55-42-12-14-44(62)15-13-42)32-50(57(36)3)47-28-38-17-20-60(51(63)30-39-11-16-45(31-49(39)54)66-26-25-58-23-21-56(2)22-24-58)33-41(38)29-48(47)53(65)61-34-40-10-6-5-9-37(40)27-43(61)35-59-18-7-4-8-19-59/h5-6,9-16,28-29,31-32,43,62H,4,7-8,17-27,30,33-35H2,1-3H3,(H,55,64)/t43-/m0/s1. The number of hydrogen-bond donors (Lipinski definition) is 2. The summed E-state index contributed by atoms with van der Waals surface area (Å²) in [6.45, 7) is 11.2. The van der Waals surface area contributed by atoms with E-state index in [2.05, 4.69) is 51.3 Å². The predicted octanol–water partition coefficient (Wildman–Crippen LogP) is 6.90. The number of nitrogens with one attached hydrogen (secondary N) is 1. The lowest BCUT2D eigenvalue weighted by Crippen LogP contribution is -2.51. The lowest BCUT2D eigenvalue weighted by atomic mass is 9.89. The number of halogens is 1. The van der Waals surface area contributed by atoms with Crippen LogP contribution >= 0.6 is 0 Å². The molecule has 4 aliphatic rings. The van der Waals surface area contributed by atoms with Crippen LogP contribution in [-0.2, 0) is 44.2 Å². The number of piperazine rings is 1. The van der Waals surface area contributed by atoms with Crippen molar-refractivity contribution in [3.63, 3.8) is 0 Å². The number of piperidine rings is 1. The molecule has 2 fully saturated rings. The van der Waals surface area contributed by atoms with Gasteiger partial charge in [-0.1, -0.05) is 36.8 Å². The minimum Gasteiger partial charge on any atom is -0.508 e. The fraction of sp³-hybridized carbons (Fsp3) is 0.415. The lowest BCUT2D eigenvalue weighted by Gasteiger charge is -2.41. The molecule has 0 aliphatic carbocycles. The molecule has 1 atom stereocenters. The first-order chi connectivity index (χ1) is 32.0. The Morgan fingerprint density at radius 3 is 2.29 bits per heavy atom. The van der Waals surface area contributed by atoms with Gasteiger partial charge in [-0.2, -0.15) is 0 Å². The summed E-state index contributed by atoms with van der Waals surface area (Å²) in [6, 6.07) is 25.4. The number of phenolic OH excluding ortho intramolecular Hbond substituents is 1. The fourth-order valence-corrected chi connectivity index (χ4v) is 10.1. The van der Waals surface area contributed by atoms with E-state index in [1.54, 1.807) is 29.2 Å². The van der Waals surface area contributed by atoms with Crippen molar-refractivity contribution >= 4 is 23.4 Å². The molecule has 12 nitrogen and oxygen atoms in total. The predicted molar refractivity (Wildman–Crippen MR) is 254 cm³/mol. The summed E-state index contributed by atoms with van der Waals surface area (Å²) < 4.78 is 23.4. The van der Waals surface area contributed by atoms with Crippen LogP contribution in [0.1, 0.15) is 73.5 Å². The Bertz CT molecular complexity index is 2580. The van der Waals surface area contributed by atoms with E-state index in [9.17, 15) is 14.7 Å². The van der Waals surface area contributed by atoms with Crippen LogP contribution in [0, 0.1) is 12.7 Å². The molecule has 5 aromatic rings. The van der Waals surface area contributed by atoms with Crippen molar-refractivity contribution in [3.8, 4) is 22.8 Å². The van der Waals surface area contributed by atoms with Gasteiger partial charge in [0.2, 0.25) is 5.91 Å². The first-order valence-corrected chi connectivity index (χ1v) is 23.6. The molecule has 1 aromatic heterocycles. The van der Waals surface area contributed by atoms with Crippen LogP contribution in [0.2, 0.25) is 0 Å². The van der Waals surface area contributed by atoms with E-state index in [1.807, 2.05) is 41.6 Å². The fourth-order valence-electron chi connectivity index (χ4n) is 10.1. The number of hydrogen-bond acceptors (Lipinski definition) is 8. The Morgan fingerprint density at radius 2 is 1.53 bits per heavy atom. The van der Waals surface area contributed by atoms with Gasteiger partial charge in [-0.15, -0.1) is 0 Å². The van der Waals surface area contributed by atoms with E-state index in [0.717, 1.165) is 105 Å². The molecule has 0 radical (unpaired) electrons. The molecule has 5 heterocycles. The normalized spacial score (nSPS) is 18.2. The lowest BCUT2D eigenvalue weighted by molar-refractivity contribution is -0.131. The Hall–Kier alpha value is -6.02. The van der Waals surface area contributed by atoms with E-state index < -0.39 is 5.82 Å². The number of amides is 3. The maximum atomic E-state index is 15.5. The van der Waals surface area contributed by atoms with Gasteiger partial charge in [0.1, 0.15) is 23.9 Å². The number of phenols is 1. The number of benzene rings is 4. The molecule has 4 aromatic carbocycles. The Kier molecular flexibility index (Phi) is 13.6. The minimum absolute atomic E-state index is 0.0436. The number of carbonyl (C=O) groups excluding carboxylic acids is 3. The second-order valence-electron chi connectivity index (χ2n) is 18.7. The van der Waals surface area contributed by atoms with Crippen molar-refractivity contribution in [1.82, 2.24) is 29.1 Å². The Labute approximate surface area is 387 Å². The maximum Gasteiger partial charge on any atom is 0.257 e. The minimum atomic E-state index is -0.466. The number of ether oxygens (including phenoxy) is 1. The van der Waals surface area contributed by atoms with Gasteiger partial charge >= 0.3 is 0 Å². The van der Waals surface area contributed by atoms with Crippen LogP contribution < -0.4 is 10.1 Å². The topological polar surface area (TPSA) is 114 Å². The molecule has 66 heavy (non-hydrogen) atoms. The van der Waals surface area contributed by atoms with Gasteiger partial charge in [-0.25, -0.2) is 4.39 Å². The third-order valence-electron chi connectivity index (χ3n) is 14.3. The van der Waals surface area contributed by atoms with Crippen LogP contribution in [0.5, 0.6) is 11.5 Å². The average Bonchev–Trinajstić information content (AvgIpc) is 3.63. The van der Waals surface area contributed by atoms with Crippen LogP contribution in [0.25, 0.3) is 11.3 Å². The highest BCUT2D eigenvalue weighted by atomic mass is 19.1. The summed E-state index contributed by atoms with van der Waals surface area (Å²) in [4.78, 5) is 54.2. The summed E-state index contributed by atoms with van der Waals surface area (Å²) in [5.41, 5.74) is 8.38. The van der Waals surface area contributed by atoms with Gasteiger partial charge in [0.25, 0.3) is 11.8 Å². The number of likely N-dealkylation sites (N-methyl/N-ethyl adjacent to an activating group) is 1. The molecule has 9 rings (SSSR count). The van der Waals surface area contributed by atoms with Crippen molar-refractivity contribution in [2.75, 3.05) is 77.9 Å². The monoisotopic (exact) mass is 895 g/mol. The molecule has 0 spiro atoms. The number of aromatic nitrogens is 1. The van der Waals surface area contributed by atoms with Crippen LogP contribution in [0.15, 0.2) is 84.9 Å². The number of likely N-dealkylation sites (tertiary alicyclic amines) is 1. The van der Waals surface area contributed by atoms with Crippen LogP contribution in [0.3, 0.4) is 0 Å². The third-order valence-corrected chi connectivity index (χ3v) is 14.3. The molecule has 4 aliphatic heterocycles. The zero-order valence-electron chi connectivity index (χ0n) is 38.5. The highest BCUT2D eigenvalue weighted by molar-refractivity contribution is 6.07. The summed E-state index contributed by atoms with van der Waals surface area (Å²) >= 11 is 0. The zero-order chi connectivity index (χ0) is 45.9. The molecule has 346 valence electrons. The number of nitrogens with zero attached hydrogens (tertiary/aromatic N) is 6. The quantitative estimate of drug-likeness (QED) is 0.130. The van der Waals surface area contributed by atoms with E-state index in [4.69, 9.17) is 4.74 Å². The van der Waals surface area contributed by atoms with E-state index in [-0.39, 0.29) is 42.5 Å². The maximum absolute atomic E-state index is 15.5. The largest absolute Gasteiger partial charge is 0.508 e. The smallest absolute Gasteiger partial charge is 0.257 e. The van der Waals surface area contributed by atoms with Crippen LogP contribution in [-0.4, -0.2) is 130 Å². The first-order valence-electron chi connectivity index (χ1n) is 23.6. The molecule has 2 N–H and O–H groups in total. The molecule has 0 bridgehead atoms. The second kappa shape index (κ2) is 19.8. The highest BCUT2D eigenvalue weighted by Gasteiger charge is 2.35. The van der Waals surface area contributed by atoms with E-state index in [1.165, 1.54) is 30.2 Å². The van der Waals surface area contributed by atoms with Gasteiger partial charge in [-0.05, 0) is 129 Å². The molecular weight excluding hydrogens is 834 g/mol. The Balaban J connectivity index is 0.992. The first kappa shape index (κ1) is 45.1. The number of aromatic hydroxyl groups is 1. The molecule has 13 heteroatoms. The average molecular weight is 896 g/mol. The van der Waals surface area contributed by atoms with Crippen molar-refractivity contribution in [2.45, 2.75) is 64.6 Å². The number of fused-ring (bicyclic) bond motifs is 2. The van der Waals surface area contributed by atoms with Crippen molar-refractivity contribution < 1.29 is 28.6 Å². The second-order valence-corrected chi connectivity index (χ2v) is 18.7. The highest BCUT2D eigenvalue weighted by Crippen LogP contribution is 2.36. The summed E-state index contributed by atoms with van der Waals surface area (Å²) in [5, 5.41) is 12.8. The molecule has 0 saturated carbocycles. The van der Waals surface area contributed by atoms with Crippen LogP contribution in [0.4, 0.5) is 10.1 Å². The van der Waals surface area contributed by atoms with Gasteiger partial charge in [0.05, 0.1) is 12.0 Å². The van der Waals surface area contributed by atoms with Crippen molar-refractivity contribution in [1.29, 1.82) is 0 Å². The van der Waals surface area contributed by atoms with Gasteiger partial charge in [0, 0.05) is 106 Å². The SMILES string of the molecule is Cc1c(C(=O)Nc2ccc(O)cc2)cc(-c2cc3c(cc2C(=O)N2Cc4ccccc4C[C@H]2CN2CCCCC2)CN(C(=O)Cc2ccc(OCCN4CCN(C)CC4)cc2F)CC3)n1C. The zero-order valence-corrected chi connectivity index (χ0v) is 38.5. The molecule has 0 unspecified atom stereocenters. The molecule has 2 saturated heterocycles. The summed E-state index contributed by atoms with van der Waals surface area (Å²) in [5.74, 6) is -0.477. The Morgan fingerprint density at radius 1 is 0.773 bits per heavy atom.